The van der Waals surface area contributed by atoms with E-state index in [9.17, 15) is 4.39 Å². The predicted octanol–water partition coefficient (Wildman–Crippen LogP) is 3.69. The molecule has 0 aliphatic rings. The lowest BCUT2D eigenvalue weighted by atomic mass is 9.84. The highest BCUT2D eigenvalue weighted by Gasteiger charge is 2.38. The largest absolute Gasteiger partial charge is 0.373 e. The van der Waals surface area contributed by atoms with Gasteiger partial charge < -0.3 is 4.74 Å². The molecule has 5 heteroatoms. The summed E-state index contributed by atoms with van der Waals surface area (Å²) < 4.78 is 20.8. The number of ether oxygens (including phenoxy) is 1. The first kappa shape index (κ1) is 16.6. The molecule has 1 atom stereocenters. The van der Waals surface area contributed by atoms with Crippen LogP contribution in [-0.4, -0.2) is 12.2 Å². The summed E-state index contributed by atoms with van der Waals surface area (Å²) in [6.45, 7) is 6.55. The zero-order chi connectivity index (χ0) is 14.5. The molecule has 0 spiro atoms. The van der Waals surface area contributed by atoms with Gasteiger partial charge in [-0.25, -0.2) is 9.82 Å². The zero-order valence-corrected chi connectivity index (χ0v) is 13.3. The second kappa shape index (κ2) is 7.33. The van der Waals surface area contributed by atoms with Crippen molar-refractivity contribution in [1.29, 1.82) is 0 Å². The fourth-order valence-electron chi connectivity index (χ4n) is 2.49. The zero-order valence-electron chi connectivity index (χ0n) is 11.7. The lowest BCUT2D eigenvalue weighted by Gasteiger charge is -2.39. The standard InChI is InChI=1S/C14H22BrFN2O/c1-4-14(5-2,19-6-3)13(18-17)11-9-10(15)7-8-12(11)16/h7-9,13,18H,4-6,17H2,1-3H3. The van der Waals surface area contributed by atoms with Gasteiger partial charge in [-0.1, -0.05) is 29.8 Å². The Morgan fingerprint density at radius 1 is 1.37 bits per heavy atom. The predicted molar refractivity (Wildman–Crippen MR) is 79.1 cm³/mol. The molecule has 3 N–H and O–H groups in total. The summed E-state index contributed by atoms with van der Waals surface area (Å²) in [5, 5.41) is 0. The average molecular weight is 333 g/mol. The summed E-state index contributed by atoms with van der Waals surface area (Å²) in [5.41, 5.74) is 2.74. The molecule has 1 aromatic carbocycles. The van der Waals surface area contributed by atoms with Crippen LogP contribution in [0.1, 0.15) is 45.2 Å². The Balaban J connectivity index is 3.26. The monoisotopic (exact) mass is 332 g/mol. The van der Waals surface area contributed by atoms with E-state index in [0.717, 1.165) is 17.3 Å². The van der Waals surface area contributed by atoms with E-state index >= 15 is 0 Å². The van der Waals surface area contributed by atoms with Crippen LogP contribution in [-0.2, 0) is 4.74 Å². The molecule has 1 rings (SSSR count). The highest BCUT2D eigenvalue weighted by atomic mass is 79.9. The Morgan fingerprint density at radius 3 is 2.47 bits per heavy atom. The van der Waals surface area contributed by atoms with Gasteiger partial charge in [0.15, 0.2) is 0 Å². The fraction of sp³-hybridized carbons (Fsp3) is 0.571. The van der Waals surface area contributed by atoms with Gasteiger partial charge in [-0.15, -0.1) is 0 Å². The smallest absolute Gasteiger partial charge is 0.128 e. The third-order valence-corrected chi connectivity index (χ3v) is 4.08. The Labute approximate surface area is 122 Å². The van der Waals surface area contributed by atoms with Crippen molar-refractivity contribution in [3.05, 3.63) is 34.1 Å². The van der Waals surface area contributed by atoms with Gasteiger partial charge in [-0.3, -0.25) is 5.84 Å². The molecule has 3 nitrogen and oxygen atoms in total. The van der Waals surface area contributed by atoms with Crippen molar-refractivity contribution >= 4 is 15.9 Å². The minimum atomic E-state index is -0.509. The maximum atomic E-state index is 14.1. The van der Waals surface area contributed by atoms with Gasteiger partial charge in [0.05, 0.1) is 11.6 Å². The summed E-state index contributed by atoms with van der Waals surface area (Å²) in [7, 11) is 0. The number of hydrogen-bond donors (Lipinski definition) is 2. The number of nitrogens with two attached hydrogens (primary N) is 1. The van der Waals surface area contributed by atoms with Gasteiger partial charge in [-0.05, 0) is 38.0 Å². The quantitative estimate of drug-likeness (QED) is 0.591. The summed E-state index contributed by atoms with van der Waals surface area (Å²) in [6, 6.07) is 4.47. The molecule has 0 heterocycles. The van der Waals surface area contributed by atoms with Crippen LogP contribution < -0.4 is 11.3 Å². The summed E-state index contributed by atoms with van der Waals surface area (Å²) in [6.07, 6.45) is 1.50. The van der Waals surface area contributed by atoms with Crippen LogP contribution in [0.4, 0.5) is 4.39 Å². The number of benzene rings is 1. The van der Waals surface area contributed by atoms with E-state index in [0.29, 0.717) is 12.2 Å². The van der Waals surface area contributed by atoms with Crippen molar-refractivity contribution < 1.29 is 9.13 Å². The van der Waals surface area contributed by atoms with Crippen LogP contribution in [0.2, 0.25) is 0 Å². The highest BCUT2D eigenvalue weighted by molar-refractivity contribution is 9.10. The fourth-order valence-corrected chi connectivity index (χ4v) is 2.87. The van der Waals surface area contributed by atoms with Gasteiger partial charge in [0, 0.05) is 16.6 Å². The Morgan fingerprint density at radius 2 is 2.00 bits per heavy atom. The van der Waals surface area contributed by atoms with E-state index in [-0.39, 0.29) is 11.9 Å². The normalized spacial score (nSPS) is 13.6. The second-order valence-corrected chi connectivity index (χ2v) is 5.39. The van der Waals surface area contributed by atoms with Crippen LogP contribution in [0.5, 0.6) is 0 Å². The van der Waals surface area contributed by atoms with Gasteiger partial charge in [-0.2, -0.15) is 0 Å². The van der Waals surface area contributed by atoms with Crippen molar-refractivity contribution in [2.24, 2.45) is 5.84 Å². The number of hydrogen-bond acceptors (Lipinski definition) is 3. The summed E-state index contributed by atoms with van der Waals surface area (Å²) in [4.78, 5) is 0. The molecule has 0 saturated heterocycles. The minimum Gasteiger partial charge on any atom is -0.373 e. The Hall–Kier alpha value is -0.490. The Kier molecular flexibility index (Phi) is 6.39. The van der Waals surface area contributed by atoms with E-state index in [1.54, 1.807) is 12.1 Å². The van der Waals surface area contributed by atoms with Crippen LogP contribution in [0.15, 0.2) is 22.7 Å². The molecule has 19 heavy (non-hydrogen) atoms. The third kappa shape index (κ3) is 3.54. The molecule has 1 unspecified atom stereocenters. The van der Waals surface area contributed by atoms with Crippen molar-refractivity contribution in [3.63, 3.8) is 0 Å². The molecule has 108 valence electrons. The third-order valence-electron chi connectivity index (χ3n) is 3.59. The van der Waals surface area contributed by atoms with Crippen molar-refractivity contribution in [3.8, 4) is 0 Å². The van der Waals surface area contributed by atoms with Crippen molar-refractivity contribution in [2.75, 3.05) is 6.61 Å². The van der Waals surface area contributed by atoms with E-state index < -0.39 is 5.60 Å². The number of hydrazine groups is 1. The summed E-state index contributed by atoms with van der Waals surface area (Å²) in [5.74, 6) is 5.40. The van der Waals surface area contributed by atoms with Crippen LogP contribution in [0, 0.1) is 5.82 Å². The van der Waals surface area contributed by atoms with E-state index in [1.807, 2.05) is 20.8 Å². The molecule has 0 aliphatic carbocycles. The van der Waals surface area contributed by atoms with Gasteiger partial charge in [0.1, 0.15) is 5.82 Å². The average Bonchev–Trinajstić information content (AvgIpc) is 2.42. The van der Waals surface area contributed by atoms with Crippen LogP contribution in [0.25, 0.3) is 0 Å². The minimum absolute atomic E-state index is 0.280. The van der Waals surface area contributed by atoms with Crippen LogP contribution in [0.3, 0.4) is 0 Å². The molecule has 0 amide bonds. The SMILES string of the molecule is CCOC(CC)(CC)C(NN)c1cc(Br)ccc1F. The maximum Gasteiger partial charge on any atom is 0.128 e. The lowest BCUT2D eigenvalue weighted by molar-refractivity contribution is -0.0741. The van der Waals surface area contributed by atoms with Crippen molar-refractivity contribution in [2.45, 2.75) is 45.3 Å². The molecular formula is C14H22BrFN2O. The number of nitrogens with one attached hydrogen (secondary N) is 1. The van der Waals surface area contributed by atoms with Crippen molar-refractivity contribution in [1.82, 2.24) is 5.43 Å². The topological polar surface area (TPSA) is 47.3 Å². The number of rotatable bonds is 7. The lowest BCUT2D eigenvalue weighted by Crippen LogP contribution is -2.48. The molecule has 0 fully saturated rings. The molecule has 0 aromatic heterocycles. The van der Waals surface area contributed by atoms with Gasteiger partial charge in [0.25, 0.3) is 0 Å². The van der Waals surface area contributed by atoms with Crippen LogP contribution >= 0.6 is 15.9 Å². The van der Waals surface area contributed by atoms with E-state index in [1.165, 1.54) is 6.07 Å². The highest BCUT2D eigenvalue weighted by Crippen LogP contribution is 2.36. The molecule has 0 saturated carbocycles. The molecule has 0 radical (unpaired) electrons. The first-order valence-corrected chi connectivity index (χ1v) is 7.38. The summed E-state index contributed by atoms with van der Waals surface area (Å²) >= 11 is 3.37. The van der Waals surface area contributed by atoms with Gasteiger partial charge in [0.2, 0.25) is 0 Å². The molecule has 1 aromatic rings. The molecule has 0 bridgehead atoms. The molecular weight excluding hydrogens is 311 g/mol. The van der Waals surface area contributed by atoms with Gasteiger partial charge >= 0.3 is 0 Å². The van der Waals surface area contributed by atoms with E-state index in [2.05, 4.69) is 21.4 Å². The molecule has 0 aliphatic heterocycles. The second-order valence-electron chi connectivity index (χ2n) is 4.47. The van der Waals surface area contributed by atoms with E-state index in [4.69, 9.17) is 10.6 Å². The number of halogens is 2. The first-order valence-electron chi connectivity index (χ1n) is 6.59. The Bertz CT molecular complexity index is 410. The maximum absolute atomic E-state index is 14.1. The first-order chi connectivity index (χ1) is 9.04.